The van der Waals surface area contributed by atoms with Gasteiger partial charge in [-0.1, -0.05) is 17.7 Å². The van der Waals surface area contributed by atoms with Gasteiger partial charge in [0.1, 0.15) is 23.0 Å². The van der Waals surface area contributed by atoms with Gasteiger partial charge in [0.25, 0.3) is 0 Å². The minimum Gasteiger partial charge on any atom is -0.462 e. The molecule has 1 spiro atoms. The number of hydrogen-bond donors (Lipinski definition) is 2. The molecule has 0 bridgehead atoms. The fraction of sp³-hybridized carbons (Fsp3) is 0.235. The third-order valence-electron chi connectivity index (χ3n) is 4.18. The Kier molecular flexibility index (Phi) is 3.93. The molecule has 1 aromatic carbocycles. The van der Waals surface area contributed by atoms with Crippen molar-refractivity contribution in [3.8, 4) is 6.07 Å². The van der Waals surface area contributed by atoms with Crippen molar-refractivity contribution in [1.29, 1.82) is 5.26 Å². The first kappa shape index (κ1) is 16.9. The molecule has 2 heterocycles. The molecule has 2 aliphatic heterocycles. The van der Waals surface area contributed by atoms with Crippen molar-refractivity contribution in [2.45, 2.75) is 19.3 Å². The largest absolute Gasteiger partial charge is 0.462 e. The lowest BCUT2D eigenvalue weighted by molar-refractivity contribution is -0.140. The number of nitrogens with zero attached hydrogens (tertiary/aromatic N) is 1. The number of ether oxygens (including phenoxy) is 2. The lowest BCUT2D eigenvalue weighted by atomic mass is 9.68. The van der Waals surface area contributed by atoms with Crippen LogP contribution in [0.25, 0.3) is 0 Å². The van der Waals surface area contributed by atoms with Crippen molar-refractivity contribution < 1.29 is 19.1 Å². The maximum absolute atomic E-state index is 13.0. The number of allylic oxidation sites excluding steroid dienone is 1. The Morgan fingerprint density at radius 3 is 2.88 bits per heavy atom. The number of nitriles is 1. The van der Waals surface area contributed by atoms with Gasteiger partial charge in [0.15, 0.2) is 5.41 Å². The predicted molar refractivity (Wildman–Crippen MR) is 89.0 cm³/mol. The minimum atomic E-state index is -1.73. The molecule has 25 heavy (non-hydrogen) atoms. The van der Waals surface area contributed by atoms with E-state index in [2.05, 4.69) is 5.32 Å². The fourth-order valence-corrected chi connectivity index (χ4v) is 3.43. The number of amides is 1. The first-order valence-electron chi connectivity index (χ1n) is 7.46. The van der Waals surface area contributed by atoms with Crippen LogP contribution in [0.2, 0.25) is 5.02 Å². The van der Waals surface area contributed by atoms with Gasteiger partial charge in [-0.25, -0.2) is 4.79 Å². The molecule has 2 aliphatic rings. The van der Waals surface area contributed by atoms with Crippen LogP contribution in [0.4, 0.5) is 5.69 Å². The molecule has 0 saturated heterocycles. The molecule has 1 atom stereocenters. The van der Waals surface area contributed by atoms with E-state index in [1.54, 1.807) is 25.1 Å². The van der Waals surface area contributed by atoms with Crippen LogP contribution >= 0.6 is 11.6 Å². The summed E-state index contributed by atoms with van der Waals surface area (Å²) in [5, 5.41) is 12.7. The van der Waals surface area contributed by atoms with Gasteiger partial charge >= 0.3 is 5.97 Å². The van der Waals surface area contributed by atoms with E-state index in [1.807, 2.05) is 6.07 Å². The molecule has 0 aromatic heterocycles. The normalized spacial score (nSPS) is 21.6. The molecule has 7 nitrogen and oxygen atoms in total. The second kappa shape index (κ2) is 5.83. The van der Waals surface area contributed by atoms with Gasteiger partial charge in [-0.05, 0) is 26.0 Å². The Bertz CT molecular complexity index is 913. The van der Waals surface area contributed by atoms with E-state index in [-0.39, 0.29) is 29.4 Å². The number of anilines is 1. The lowest BCUT2D eigenvalue weighted by Crippen LogP contribution is -2.45. The van der Waals surface area contributed by atoms with Gasteiger partial charge in [0.05, 0.1) is 6.61 Å². The van der Waals surface area contributed by atoms with Gasteiger partial charge in [-0.2, -0.15) is 5.26 Å². The Hall–Kier alpha value is -2.98. The van der Waals surface area contributed by atoms with Gasteiger partial charge in [-0.15, -0.1) is 0 Å². The molecule has 1 amide bonds. The maximum Gasteiger partial charge on any atom is 0.339 e. The second-order valence-electron chi connectivity index (χ2n) is 5.50. The zero-order valence-corrected chi connectivity index (χ0v) is 14.2. The first-order valence-corrected chi connectivity index (χ1v) is 7.83. The van der Waals surface area contributed by atoms with Crippen molar-refractivity contribution in [1.82, 2.24) is 0 Å². The van der Waals surface area contributed by atoms with Gasteiger partial charge < -0.3 is 20.5 Å². The third-order valence-corrected chi connectivity index (χ3v) is 4.41. The van der Waals surface area contributed by atoms with Crippen LogP contribution in [0.1, 0.15) is 19.4 Å². The Balaban J connectivity index is 2.39. The average Bonchev–Trinajstić information content (AvgIpc) is 2.80. The van der Waals surface area contributed by atoms with Crippen molar-refractivity contribution in [3.05, 3.63) is 51.6 Å². The first-order chi connectivity index (χ1) is 11.9. The topological polar surface area (TPSA) is 114 Å². The number of nitrogens with two attached hydrogens (primary N) is 1. The molecule has 8 heteroatoms. The molecular formula is C17H14ClN3O4. The summed E-state index contributed by atoms with van der Waals surface area (Å²) in [4.78, 5) is 25.6. The zero-order valence-electron chi connectivity index (χ0n) is 13.5. The van der Waals surface area contributed by atoms with Crippen LogP contribution in [0.3, 0.4) is 0 Å². The number of benzene rings is 1. The number of rotatable bonds is 2. The smallest absolute Gasteiger partial charge is 0.339 e. The van der Waals surface area contributed by atoms with E-state index in [1.165, 1.54) is 6.92 Å². The van der Waals surface area contributed by atoms with E-state index in [0.717, 1.165) is 0 Å². The molecule has 128 valence electrons. The average molecular weight is 360 g/mol. The van der Waals surface area contributed by atoms with E-state index in [4.69, 9.17) is 26.8 Å². The molecule has 1 aromatic rings. The zero-order chi connectivity index (χ0) is 18.4. The molecule has 0 aliphatic carbocycles. The van der Waals surface area contributed by atoms with Crippen molar-refractivity contribution in [3.63, 3.8) is 0 Å². The van der Waals surface area contributed by atoms with E-state index < -0.39 is 17.3 Å². The summed E-state index contributed by atoms with van der Waals surface area (Å²) in [6.45, 7) is 3.24. The third kappa shape index (κ3) is 2.18. The standard InChI is InChI=1S/C17H14ClN3O4/c1-3-24-15(22)13-8(2)25-14(20)11(7-19)17(13)10-5-4-9(18)6-12(10)21-16(17)23/h4-6H,3,20H2,1-2H3,(H,21,23)/t17-/m0/s1. The predicted octanol–water partition coefficient (Wildman–Crippen LogP) is 2.09. The summed E-state index contributed by atoms with van der Waals surface area (Å²) in [5.74, 6) is -1.47. The van der Waals surface area contributed by atoms with Crippen LogP contribution in [-0.2, 0) is 24.5 Å². The van der Waals surface area contributed by atoms with Crippen molar-refractivity contribution in [2.75, 3.05) is 11.9 Å². The molecule has 3 N–H and O–H groups in total. The second-order valence-corrected chi connectivity index (χ2v) is 5.94. The van der Waals surface area contributed by atoms with Crippen LogP contribution in [0.15, 0.2) is 41.0 Å². The van der Waals surface area contributed by atoms with Crippen molar-refractivity contribution >= 4 is 29.2 Å². The van der Waals surface area contributed by atoms with Crippen molar-refractivity contribution in [2.24, 2.45) is 5.73 Å². The maximum atomic E-state index is 13.0. The minimum absolute atomic E-state index is 0.0707. The van der Waals surface area contributed by atoms with Gasteiger partial charge in [-0.3, -0.25) is 4.79 Å². The Morgan fingerprint density at radius 1 is 1.52 bits per heavy atom. The highest BCUT2D eigenvalue weighted by Crippen LogP contribution is 2.52. The van der Waals surface area contributed by atoms with Crippen LogP contribution in [0.5, 0.6) is 0 Å². The van der Waals surface area contributed by atoms with E-state index in [0.29, 0.717) is 16.3 Å². The number of esters is 1. The Morgan fingerprint density at radius 2 is 2.24 bits per heavy atom. The van der Waals surface area contributed by atoms with Crippen LogP contribution in [0, 0.1) is 11.3 Å². The summed E-state index contributed by atoms with van der Waals surface area (Å²) in [6, 6.07) is 6.61. The highest BCUT2D eigenvalue weighted by atomic mass is 35.5. The summed E-state index contributed by atoms with van der Waals surface area (Å²) in [6.07, 6.45) is 0. The SMILES string of the molecule is CCOC(=O)C1=C(C)OC(N)=C(C#N)[C@]12C(=O)Nc1cc(Cl)ccc12. The number of halogens is 1. The molecule has 0 radical (unpaired) electrons. The molecule has 0 unspecified atom stereocenters. The summed E-state index contributed by atoms with van der Waals surface area (Å²) < 4.78 is 10.4. The summed E-state index contributed by atoms with van der Waals surface area (Å²) in [7, 11) is 0. The highest BCUT2D eigenvalue weighted by Gasteiger charge is 2.59. The quantitative estimate of drug-likeness (QED) is 0.781. The summed E-state index contributed by atoms with van der Waals surface area (Å²) in [5.41, 5.74) is 4.69. The molecule has 3 rings (SSSR count). The number of carbonyl (C=O) groups is 2. The monoisotopic (exact) mass is 359 g/mol. The number of fused-ring (bicyclic) bond motifs is 2. The lowest BCUT2D eigenvalue weighted by Gasteiger charge is -2.33. The van der Waals surface area contributed by atoms with Crippen LogP contribution in [-0.4, -0.2) is 18.5 Å². The van der Waals surface area contributed by atoms with Gasteiger partial charge in [0.2, 0.25) is 11.8 Å². The highest BCUT2D eigenvalue weighted by molar-refractivity contribution is 6.31. The number of carbonyl (C=O) groups excluding carboxylic acids is 2. The van der Waals surface area contributed by atoms with E-state index in [9.17, 15) is 14.9 Å². The van der Waals surface area contributed by atoms with Crippen LogP contribution < -0.4 is 11.1 Å². The van der Waals surface area contributed by atoms with E-state index >= 15 is 0 Å². The fourth-order valence-electron chi connectivity index (χ4n) is 3.26. The molecule has 0 fully saturated rings. The number of nitrogens with one attached hydrogen (secondary N) is 1. The van der Waals surface area contributed by atoms with Gasteiger partial charge in [0, 0.05) is 16.3 Å². The number of hydrogen-bond acceptors (Lipinski definition) is 6. The summed E-state index contributed by atoms with van der Waals surface area (Å²) >= 11 is 5.99. The molecule has 0 saturated carbocycles. The molecular weight excluding hydrogens is 346 g/mol. The Labute approximate surface area is 148 Å².